The molecule has 0 unspecified atom stereocenters. The van der Waals surface area contributed by atoms with E-state index >= 15 is 0 Å². The molecule has 0 aliphatic heterocycles. The normalized spacial score (nSPS) is 12.2. The van der Waals surface area contributed by atoms with E-state index < -0.39 is 31.9 Å². The predicted molar refractivity (Wildman–Crippen MR) is 150 cm³/mol. The van der Waals surface area contributed by atoms with Crippen molar-refractivity contribution in [2.45, 2.75) is 9.79 Å². The van der Waals surface area contributed by atoms with Gasteiger partial charge >= 0.3 is 0 Å². The van der Waals surface area contributed by atoms with Crippen LogP contribution in [-0.4, -0.2) is 70.4 Å². The molecule has 14 heteroatoms. The fourth-order valence-corrected chi connectivity index (χ4v) is 6.11. The van der Waals surface area contributed by atoms with Crippen molar-refractivity contribution in [1.29, 1.82) is 0 Å². The lowest BCUT2D eigenvalue weighted by atomic mass is 10.2. The van der Waals surface area contributed by atoms with Crippen LogP contribution in [0.1, 0.15) is 20.7 Å². The number of fused-ring (bicyclic) bond motifs is 1. The first kappa shape index (κ1) is 28.3. The van der Waals surface area contributed by atoms with Crippen molar-refractivity contribution in [3.8, 4) is 0 Å². The Hall–Kier alpha value is -3.69. The Labute approximate surface area is 230 Å². The van der Waals surface area contributed by atoms with E-state index in [0.717, 1.165) is 8.61 Å². The second-order valence-electron chi connectivity index (χ2n) is 8.73. The average Bonchev–Trinajstić information content (AvgIpc) is 3.30. The summed E-state index contributed by atoms with van der Waals surface area (Å²) in [5.74, 6) is -0.864. The summed E-state index contributed by atoms with van der Waals surface area (Å²) in [4.78, 5) is 29.9. The van der Waals surface area contributed by atoms with Gasteiger partial charge in [-0.3, -0.25) is 14.9 Å². The molecule has 0 saturated heterocycles. The number of thiazole rings is 1. The zero-order valence-electron chi connectivity index (χ0n) is 21.4. The van der Waals surface area contributed by atoms with Gasteiger partial charge in [-0.05, 0) is 66.7 Å². The molecule has 0 bridgehead atoms. The van der Waals surface area contributed by atoms with Crippen LogP contribution in [0.25, 0.3) is 10.2 Å². The Morgan fingerprint density at radius 3 is 1.62 bits per heavy atom. The number of rotatable bonds is 8. The van der Waals surface area contributed by atoms with Gasteiger partial charge in [0.1, 0.15) is 0 Å². The van der Waals surface area contributed by atoms with Crippen molar-refractivity contribution in [3.05, 3.63) is 77.9 Å². The average molecular weight is 588 g/mol. The summed E-state index contributed by atoms with van der Waals surface area (Å²) in [6.07, 6.45) is 0. The van der Waals surface area contributed by atoms with E-state index in [-0.39, 0.29) is 20.9 Å². The molecule has 1 aromatic heterocycles. The second-order valence-corrected chi connectivity index (χ2v) is 14.1. The standard InChI is InChI=1S/C25H25N5O6S3/c1-29(2)38(33,34)19-10-5-16(6-11-19)23(31)26-18-9-14-21-22(15-18)37-25(27-21)28-24(32)17-7-12-20(13-8-17)39(35,36)30(3)4/h5-15H,1-4H3,(H,26,31)(H,27,28,32). The second kappa shape index (κ2) is 10.8. The van der Waals surface area contributed by atoms with Gasteiger partial charge in [-0.15, -0.1) is 0 Å². The Bertz CT molecular complexity index is 1670. The van der Waals surface area contributed by atoms with Gasteiger partial charge in [-0.25, -0.2) is 30.4 Å². The number of benzene rings is 3. The molecule has 2 N–H and O–H groups in total. The van der Waals surface area contributed by atoms with Crippen LogP contribution in [-0.2, 0) is 20.0 Å². The summed E-state index contributed by atoms with van der Waals surface area (Å²) in [5.41, 5.74) is 1.66. The topological polar surface area (TPSA) is 146 Å². The van der Waals surface area contributed by atoms with E-state index in [0.29, 0.717) is 21.0 Å². The van der Waals surface area contributed by atoms with E-state index in [1.54, 1.807) is 18.2 Å². The fraction of sp³-hybridized carbons (Fsp3) is 0.160. The van der Waals surface area contributed by atoms with Gasteiger partial charge in [-0.1, -0.05) is 11.3 Å². The molecule has 1 heterocycles. The van der Waals surface area contributed by atoms with E-state index in [4.69, 9.17) is 0 Å². The quantitative estimate of drug-likeness (QED) is 0.322. The molecule has 39 heavy (non-hydrogen) atoms. The zero-order chi connectivity index (χ0) is 28.5. The van der Waals surface area contributed by atoms with Gasteiger partial charge in [0.05, 0.1) is 20.0 Å². The molecular weight excluding hydrogens is 563 g/mol. The van der Waals surface area contributed by atoms with E-state index in [2.05, 4.69) is 15.6 Å². The zero-order valence-corrected chi connectivity index (χ0v) is 23.8. The molecule has 0 radical (unpaired) electrons. The highest BCUT2D eigenvalue weighted by Gasteiger charge is 2.19. The maximum atomic E-state index is 12.7. The van der Waals surface area contributed by atoms with Crippen LogP contribution in [0.4, 0.5) is 10.8 Å². The van der Waals surface area contributed by atoms with Crippen LogP contribution in [0.2, 0.25) is 0 Å². The molecule has 0 saturated carbocycles. The number of hydrogen-bond acceptors (Lipinski definition) is 8. The van der Waals surface area contributed by atoms with Gasteiger partial charge in [0.2, 0.25) is 20.0 Å². The van der Waals surface area contributed by atoms with Gasteiger partial charge in [0, 0.05) is 45.0 Å². The molecule has 2 amide bonds. The van der Waals surface area contributed by atoms with Crippen molar-refractivity contribution >= 4 is 64.2 Å². The first-order valence-corrected chi connectivity index (χ1v) is 15.1. The largest absolute Gasteiger partial charge is 0.322 e. The number of sulfonamides is 2. The maximum Gasteiger partial charge on any atom is 0.257 e. The number of carbonyl (C=O) groups excluding carboxylic acids is 2. The molecule has 0 aliphatic carbocycles. The summed E-state index contributed by atoms with van der Waals surface area (Å²) in [5, 5.41) is 5.82. The summed E-state index contributed by atoms with van der Waals surface area (Å²) in [6.45, 7) is 0. The Morgan fingerprint density at radius 1 is 0.692 bits per heavy atom. The molecule has 11 nitrogen and oxygen atoms in total. The van der Waals surface area contributed by atoms with Crippen molar-refractivity contribution in [2.24, 2.45) is 0 Å². The minimum absolute atomic E-state index is 0.0770. The number of amides is 2. The SMILES string of the molecule is CN(C)S(=O)(=O)c1ccc(C(=O)Nc2ccc3nc(NC(=O)c4ccc(S(=O)(=O)N(C)C)cc4)sc3c2)cc1. The highest BCUT2D eigenvalue weighted by atomic mass is 32.2. The molecule has 0 aliphatic rings. The number of carbonyl (C=O) groups is 2. The number of aromatic nitrogens is 1. The lowest BCUT2D eigenvalue weighted by Gasteiger charge is -2.11. The lowest BCUT2D eigenvalue weighted by molar-refractivity contribution is 0.101. The molecule has 4 rings (SSSR count). The van der Waals surface area contributed by atoms with Gasteiger partial charge in [0.25, 0.3) is 11.8 Å². The van der Waals surface area contributed by atoms with Crippen LogP contribution in [0.5, 0.6) is 0 Å². The first-order valence-electron chi connectivity index (χ1n) is 11.4. The maximum absolute atomic E-state index is 12.7. The van der Waals surface area contributed by atoms with E-state index in [9.17, 15) is 26.4 Å². The van der Waals surface area contributed by atoms with Crippen LogP contribution in [0.15, 0.2) is 76.5 Å². The Kier molecular flexibility index (Phi) is 7.86. The van der Waals surface area contributed by atoms with Crippen LogP contribution in [0, 0.1) is 0 Å². The highest BCUT2D eigenvalue weighted by Crippen LogP contribution is 2.29. The van der Waals surface area contributed by atoms with Gasteiger partial charge in [0.15, 0.2) is 5.13 Å². The minimum atomic E-state index is -3.60. The third kappa shape index (κ3) is 5.99. The van der Waals surface area contributed by atoms with Crippen LogP contribution >= 0.6 is 11.3 Å². The lowest BCUT2D eigenvalue weighted by Crippen LogP contribution is -2.22. The molecule has 0 spiro atoms. The summed E-state index contributed by atoms with van der Waals surface area (Å²) in [7, 11) is -1.48. The van der Waals surface area contributed by atoms with Gasteiger partial charge in [-0.2, -0.15) is 0 Å². The number of nitrogens with one attached hydrogen (secondary N) is 2. The third-order valence-corrected chi connectivity index (χ3v) is 10.2. The molecule has 3 aromatic carbocycles. The molecule has 4 aromatic rings. The van der Waals surface area contributed by atoms with Crippen molar-refractivity contribution in [3.63, 3.8) is 0 Å². The number of hydrogen-bond donors (Lipinski definition) is 2. The molecule has 0 atom stereocenters. The van der Waals surface area contributed by atoms with Gasteiger partial charge < -0.3 is 5.32 Å². The monoisotopic (exact) mass is 587 g/mol. The van der Waals surface area contributed by atoms with Crippen molar-refractivity contribution in [1.82, 2.24) is 13.6 Å². The summed E-state index contributed by atoms with van der Waals surface area (Å²) in [6, 6.07) is 16.3. The number of anilines is 2. The minimum Gasteiger partial charge on any atom is -0.322 e. The van der Waals surface area contributed by atoms with Crippen LogP contribution < -0.4 is 10.6 Å². The molecular formula is C25H25N5O6S3. The van der Waals surface area contributed by atoms with Crippen molar-refractivity contribution in [2.75, 3.05) is 38.8 Å². The van der Waals surface area contributed by atoms with E-state index in [1.165, 1.54) is 88.1 Å². The van der Waals surface area contributed by atoms with E-state index in [1.807, 2.05) is 0 Å². The predicted octanol–water partition coefficient (Wildman–Crippen LogP) is 3.30. The fourth-order valence-electron chi connectivity index (χ4n) is 3.41. The number of nitrogens with zero attached hydrogens (tertiary/aromatic N) is 3. The Morgan fingerprint density at radius 2 is 1.15 bits per heavy atom. The molecule has 0 fully saturated rings. The highest BCUT2D eigenvalue weighted by molar-refractivity contribution is 7.89. The first-order chi connectivity index (χ1) is 18.3. The summed E-state index contributed by atoms with van der Waals surface area (Å²) < 4.78 is 51.8. The summed E-state index contributed by atoms with van der Waals surface area (Å²) >= 11 is 1.21. The Balaban J connectivity index is 1.45. The van der Waals surface area contributed by atoms with Crippen LogP contribution in [0.3, 0.4) is 0 Å². The van der Waals surface area contributed by atoms with Crippen molar-refractivity contribution < 1.29 is 26.4 Å². The third-order valence-electron chi connectivity index (χ3n) is 5.66. The smallest absolute Gasteiger partial charge is 0.257 e. The molecule has 204 valence electrons.